The number of halogens is 1. The predicted molar refractivity (Wildman–Crippen MR) is 41.3 cm³/mol. The third-order valence-corrected chi connectivity index (χ3v) is 1.57. The van der Waals surface area contributed by atoms with Crippen molar-refractivity contribution in [3.05, 3.63) is 35.2 Å². The molecule has 0 saturated heterocycles. The van der Waals surface area contributed by atoms with E-state index >= 15 is 0 Å². The highest BCUT2D eigenvalue weighted by Gasteiger charge is 2.01. The minimum Gasteiger partial charge on any atom is -0.211 e. The molecule has 2 heteroatoms. The molecule has 11 heavy (non-hydrogen) atoms. The summed E-state index contributed by atoms with van der Waals surface area (Å²) in [5, 5.41) is 8.48. The molecule has 1 nitrogen and oxygen atoms in total. The lowest BCUT2D eigenvalue weighted by molar-refractivity contribution is 0.609. The Hall–Kier alpha value is -1.36. The lowest BCUT2D eigenvalue weighted by Crippen LogP contribution is -1.74. The molecule has 0 N–H and O–H groups in total. The summed E-state index contributed by atoms with van der Waals surface area (Å²) < 4.78 is 12.8. The Balaban J connectivity index is 2.93. The van der Waals surface area contributed by atoms with Crippen LogP contribution < -0.4 is 0 Å². The molecule has 1 rings (SSSR count). The van der Waals surface area contributed by atoms with E-state index in [1.54, 1.807) is 25.2 Å². The summed E-state index contributed by atoms with van der Waals surface area (Å²) in [4.78, 5) is 0. The quantitative estimate of drug-likeness (QED) is 0.519. The number of hydrogen-bond acceptors (Lipinski definition) is 1. The molecule has 1 aliphatic rings. The molecule has 0 atom stereocenters. The highest BCUT2D eigenvalue weighted by atomic mass is 19.1. The smallest absolute Gasteiger partial charge is 0.107 e. The Morgan fingerprint density at radius 2 is 2.27 bits per heavy atom. The third-order valence-electron chi connectivity index (χ3n) is 1.57. The van der Waals surface area contributed by atoms with Gasteiger partial charge in [0.15, 0.2) is 0 Å². The van der Waals surface area contributed by atoms with Crippen LogP contribution in [0.15, 0.2) is 35.2 Å². The molecule has 0 aliphatic heterocycles. The molecule has 0 amide bonds. The molecule has 0 aromatic heterocycles. The highest BCUT2D eigenvalue weighted by Crippen LogP contribution is 2.17. The van der Waals surface area contributed by atoms with Gasteiger partial charge in [0.25, 0.3) is 0 Å². The second-order valence-corrected chi connectivity index (χ2v) is 2.40. The normalized spacial score (nSPS) is 17.4. The van der Waals surface area contributed by atoms with Gasteiger partial charge < -0.3 is 0 Å². The van der Waals surface area contributed by atoms with Crippen LogP contribution in [-0.4, -0.2) is 0 Å². The van der Waals surface area contributed by atoms with Gasteiger partial charge in [-0.2, -0.15) is 5.26 Å². The maximum absolute atomic E-state index is 12.8. The van der Waals surface area contributed by atoms with Crippen molar-refractivity contribution >= 4 is 0 Å². The third kappa shape index (κ3) is 1.78. The molecular formula is C9H8FN. The van der Waals surface area contributed by atoms with Crippen molar-refractivity contribution in [1.29, 1.82) is 5.26 Å². The van der Waals surface area contributed by atoms with Crippen molar-refractivity contribution in [2.24, 2.45) is 0 Å². The van der Waals surface area contributed by atoms with Crippen molar-refractivity contribution in [2.75, 3.05) is 0 Å². The fourth-order valence-corrected chi connectivity index (χ4v) is 0.817. The van der Waals surface area contributed by atoms with E-state index in [1.807, 2.05) is 6.07 Å². The predicted octanol–water partition coefficient (Wildman–Crippen LogP) is 2.64. The van der Waals surface area contributed by atoms with Crippen molar-refractivity contribution in [3.8, 4) is 6.07 Å². The molecule has 0 aromatic rings. The van der Waals surface area contributed by atoms with Crippen molar-refractivity contribution < 1.29 is 4.39 Å². The van der Waals surface area contributed by atoms with Gasteiger partial charge in [-0.3, -0.25) is 0 Å². The first kappa shape index (κ1) is 7.74. The van der Waals surface area contributed by atoms with Crippen LogP contribution in [0.2, 0.25) is 0 Å². The fourth-order valence-electron chi connectivity index (χ4n) is 0.817. The molecule has 0 unspecified atom stereocenters. The van der Waals surface area contributed by atoms with Crippen LogP contribution in [0.4, 0.5) is 4.39 Å². The summed E-state index contributed by atoms with van der Waals surface area (Å²) in [6.07, 6.45) is 5.07. The summed E-state index contributed by atoms with van der Waals surface area (Å²) in [6, 6.07) is 1.97. The van der Waals surface area contributed by atoms with E-state index in [0.29, 0.717) is 11.1 Å². The van der Waals surface area contributed by atoms with Gasteiger partial charge in [-0.05, 0) is 18.6 Å². The molecule has 0 fully saturated rings. The topological polar surface area (TPSA) is 23.8 Å². The van der Waals surface area contributed by atoms with Crippen LogP contribution in [0, 0.1) is 11.3 Å². The lowest BCUT2D eigenvalue weighted by Gasteiger charge is -1.91. The Kier molecular flexibility index (Phi) is 2.22. The van der Waals surface area contributed by atoms with Gasteiger partial charge in [0.2, 0.25) is 0 Å². The first-order valence-electron chi connectivity index (χ1n) is 3.37. The van der Waals surface area contributed by atoms with Gasteiger partial charge in [0.1, 0.15) is 5.83 Å². The van der Waals surface area contributed by atoms with Crippen LogP contribution in [0.1, 0.15) is 13.3 Å². The summed E-state index contributed by atoms with van der Waals surface area (Å²) in [5.74, 6) is -0.161. The zero-order valence-electron chi connectivity index (χ0n) is 6.26. The summed E-state index contributed by atoms with van der Waals surface area (Å²) >= 11 is 0. The van der Waals surface area contributed by atoms with E-state index in [-0.39, 0.29) is 12.2 Å². The first-order chi connectivity index (χ1) is 5.24. The van der Waals surface area contributed by atoms with Gasteiger partial charge in [0.05, 0.1) is 6.07 Å². The zero-order valence-corrected chi connectivity index (χ0v) is 6.26. The zero-order chi connectivity index (χ0) is 8.27. The van der Waals surface area contributed by atoms with Crippen molar-refractivity contribution in [3.63, 3.8) is 0 Å². The van der Waals surface area contributed by atoms with E-state index in [0.717, 1.165) is 0 Å². The second-order valence-electron chi connectivity index (χ2n) is 2.40. The average Bonchev–Trinajstić information content (AvgIpc) is 2.16. The number of nitrogens with zero attached hydrogens (tertiary/aromatic N) is 1. The second kappa shape index (κ2) is 3.16. The number of allylic oxidation sites excluding steroid dienone is 6. The molecule has 0 aromatic carbocycles. The van der Waals surface area contributed by atoms with E-state index in [2.05, 4.69) is 0 Å². The van der Waals surface area contributed by atoms with Crippen molar-refractivity contribution in [2.45, 2.75) is 13.3 Å². The Morgan fingerprint density at radius 3 is 2.91 bits per heavy atom. The molecule has 0 heterocycles. The molecule has 1 aliphatic carbocycles. The SMILES string of the molecule is CC1=C(F)CC=C(C#N)C=C1. The minimum absolute atomic E-state index is 0.161. The monoisotopic (exact) mass is 149 g/mol. The fraction of sp³-hybridized carbons (Fsp3) is 0.222. The summed E-state index contributed by atoms with van der Waals surface area (Å²) in [5.41, 5.74) is 1.13. The Morgan fingerprint density at radius 1 is 1.55 bits per heavy atom. The molecule has 0 saturated carbocycles. The van der Waals surface area contributed by atoms with Crippen LogP contribution in [0.3, 0.4) is 0 Å². The van der Waals surface area contributed by atoms with Gasteiger partial charge in [-0.1, -0.05) is 12.2 Å². The van der Waals surface area contributed by atoms with E-state index < -0.39 is 0 Å². The molecule has 0 spiro atoms. The first-order valence-corrected chi connectivity index (χ1v) is 3.37. The van der Waals surface area contributed by atoms with Gasteiger partial charge in [0, 0.05) is 12.0 Å². The Bertz CT molecular complexity index is 289. The maximum Gasteiger partial charge on any atom is 0.107 e. The Labute approximate surface area is 65.1 Å². The molecular weight excluding hydrogens is 141 g/mol. The molecule has 0 bridgehead atoms. The largest absolute Gasteiger partial charge is 0.211 e. The van der Waals surface area contributed by atoms with Crippen LogP contribution in [0.25, 0.3) is 0 Å². The number of nitriles is 1. The van der Waals surface area contributed by atoms with Crippen molar-refractivity contribution in [1.82, 2.24) is 0 Å². The van der Waals surface area contributed by atoms with Gasteiger partial charge in [-0.15, -0.1) is 0 Å². The standard InChI is InChI=1S/C9H8FN/c1-7-2-3-8(6-11)4-5-9(7)10/h2-4H,5H2,1H3. The maximum atomic E-state index is 12.8. The number of rotatable bonds is 0. The minimum atomic E-state index is -0.161. The molecule has 56 valence electrons. The van der Waals surface area contributed by atoms with Crippen LogP contribution in [0.5, 0.6) is 0 Å². The van der Waals surface area contributed by atoms with Gasteiger partial charge in [-0.25, -0.2) is 4.39 Å². The number of hydrogen-bond donors (Lipinski definition) is 0. The van der Waals surface area contributed by atoms with Crippen LogP contribution in [-0.2, 0) is 0 Å². The van der Waals surface area contributed by atoms with Gasteiger partial charge >= 0.3 is 0 Å². The van der Waals surface area contributed by atoms with E-state index in [9.17, 15) is 4.39 Å². The average molecular weight is 149 g/mol. The summed E-state index contributed by atoms with van der Waals surface area (Å²) in [7, 11) is 0. The summed E-state index contributed by atoms with van der Waals surface area (Å²) in [6.45, 7) is 1.69. The lowest BCUT2D eigenvalue weighted by atomic mass is 10.2. The highest BCUT2D eigenvalue weighted by molar-refractivity contribution is 5.40. The van der Waals surface area contributed by atoms with Crippen LogP contribution >= 0.6 is 0 Å². The van der Waals surface area contributed by atoms with E-state index in [1.165, 1.54) is 0 Å². The molecule has 0 radical (unpaired) electrons. The van der Waals surface area contributed by atoms with E-state index in [4.69, 9.17) is 5.26 Å².